The molecule has 0 saturated heterocycles. The van der Waals surface area contributed by atoms with Crippen LogP contribution in [0.1, 0.15) is 32.3 Å². The van der Waals surface area contributed by atoms with E-state index >= 15 is 0 Å². The standard InChI is InChI=1S/C16H26FNO2/c1-12(2)5-4-6-20-11-16(19)10-18-15-8-13(3)7-14(17)9-15/h7-9,12,16,18-19H,4-6,10-11H2,1-3H3. The van der Waals surface area contributed by atoms with Gasteiger partial charge in [-0.25, -0.2) is 4.39 Å². The van der Waals surface area contributed by atoms with Crippen molar-refractivity contribution < 1.29 is 14.2 Å². The van der Waals surface area contributed by atoms with Crippen molar-refractivity contribution in [2.45, 2.75) is 39.7 Å². The highest BCUT2D eigenvalue weighted by Gasteiger charge is 2.05. The Bertz CT molecular complexity index is 376. The van der Waals surface area contributed by atoms with Crippen molar-refractivity contribution >= 4 is 5.69 Å². The minimum absolute atomic E-state index is 0.271. The summed E-state index contributed by atoms with van der Waals surface area (Å²) in [5.41, 5.74) is 1.54. The summed E-state index contributed by atoms with van der Waals surface area (Å²) in [5, 5.41) is 12.8. The van der Waals surface area contributed by atoms with Gasteiger partial charge in [0.2, 0.25) is 0 Å². The molecule has 1 atom stereocenters. The Morgan fingerprint density at radius 2 is 2.05 bits per heavy atom. The summed E-state index contributed by atoms with van der Waals surface area (Å²) < 4.78 is 18.6. The smallest absolute Gasteiger partial charge is 0.125 e. The molecule has 0 fully saturated rings. The number of aliphatic hydroxyl groups excluding tert-OH is 1. The van der Waals surface area contributed by atoms with E-state index in [4.69, 9.17) is 4.74 Å². The van der Waals surface area contributed by atoms with Crippen molar-refractivity contribution in [1.29, 1.82) is 0 Å². The molecular weight excluding hydrogens is 257 g/mol. The maximum Gasteiger partial charge on any atom is 0.125 e. The van der Waals surface area contributed by atoms with Gasteiger partial charge in [0.1, 0.15) is 5.82 Å². The molecule has 0 aliphatic heterocycles. The first-order valence-electron chi connectivity index (χ1n) is 7.24. The average Bonchev–Trinajstić information content (AvgIpc) is 2.34. The van der Waals surface area contributed by atoms with Crippen molar-refractivity contribution in [2.75, 3.05) is 25.1 Å². The van der Waals surface area contributed by atoms with E-state index in [0.717, 1.165) is 18.4 Å². The van der Waals surface area contributed by atoms with Crippen LogP contribution >= 0.6 is 0 Å². The van der Waals surface area contributed by atoms with Gasteiger partial charge in [-0.15, -0.1) is 0 Å². The highest BCUT2D eigenvalue weighted by Crippen LogP contribution is 2.13. The van der Waals surface area contributed by atoms with Gasteiger partial charge in [0.05, 0.1) is 12.7 Å². The number of halogens is 1. The highest BCUT2D eigenvalue weighted by molar-refractivity contribution is 5.46. The largest absolute Gasteiger partial charge is 0.389 e. The highest BCUT2D eigenvalue weighted by atomic mass is 19.1. The Morgan fingerprint density at radius 1 is 1.30 bits per heavy atom. The Hall–Kier alpha value is -1.13. The number of hydrogen-bond acceptors (Lipinski definition) is 3. The van der Waals surface area contributed by atoms with E-state index < -0.39 is 6.10 Å². The lowest BCUT2D eigenvalue weighted by atomic mass is 10.1. The summed E-state index contributed by atoms with van der Waals surface area (Å²) in [5.74, 6) is 0.410. The first-order valence-corrected chi connectivity index (χ1v) is 7.24. The minimum Gasteiger partial charge on any atom is -0.389 e. The van der Waals surface area contributed by atoms with Crippen LogP contribution in [0.5, 0.6) is 0 Å². The van der Waals surface area contributed by atoms with E-state index in [0.29, 0.717) is 31.4 Å². The fourth-order valence-corrected chi connectivity index (χ4v) is 1.95. The number of hydrogen-bond donors (Lipinski definition) is 2. The predicted molar refractivity (Wildman–Crippen MR) is 80.5 cm³/mol. The molecular formula is C16H26FNO2. The summed E-state index contributed by atoms with van der Waals surface area (Å²) in [6, 6.07) is 4.74. The zero-order valence-corrected chi connectivity index (χ0v) is 12.7. The van der Waals surface area contributed by atoms with Gasteiger partial charge in [0.15, 0.2) is 0 Å². The molecule has 0 radical (unpaired) electrons. The van der Waals surface area contributed by atoms with Gasteiger partial charge in [-0.05, 0) is 49.4 Å². The lowest BCUT2D eigenvalue weighted by Gasteiger charge is -2.14. The maximum atomic E-state index is 13.2. The van der Waals surface area contributed by atoms with Crippen molar-refractivity contribution in [3.8, 4) is 0 Å². The van der Waals surface area contributed by atoms with Gasteiger partial charge in [-0.2, -0.15) is 0 Å². The molecule has 1 aromatic rings. The molecule has 2 N–H and O–H groups in total. The zero-order valence-electron chi connectivity index (χ0n) is 12.7. The molecule has 3 nitrogen and oxygen atoms in total. The molecule has 0 saturated carbocycles. The number of ether oxygens (including phenoxy) is 1. The second kappa shape index (κ2) is 8.93. The third-order valence-corrected chi connectivity index (χ3v) is 2.96. The normalized spacial score (nSPS) is 12.7. The molecule has 0 bridgehead atoms. The summed E-state index contributed by atoms with van der Waals surface area (Å²) in [4.78, 5) is 0. The third-order valence-electron chi connectivity index (χ3n) is 2.96. The zero-order chi connectivity index (χ0) is 15.0. The average molecular weight is 283 g/mol. The van der Waals surface area contributed by atoms with Crippen LogP contribution in [0, 0.1) is 18.7 Å². The van der Waals surface area contributed by atoms with Crippen LogP contribution in [-0.4, -0.2) is 31.0 Å². The number of benzene rings is 1. The molecule has 20 heavy (non-hydrogen) atoms. The van der Waals surface area contributed by atoms with Gasteiger partial charge in [-0.3, -0.25) is 0 Å². The van der Waals surface area contributed by atoms with Crippen molar-refractivity contribution in [3.05, 3.63) is 29.6 Å². The molecule has 0 spiro atoms. The van der Waals surface area contributed by atoms with E-state index in [1.165, 1.54) is 12.1 Å². The van der Waals surface area contributed by atoms with Crippen molar-refractivity contribution in [3.63, 3.8) is 0 Å². The van der Waals surface area contributed by atoms with E-state index in [1.54, 1.807) is 0 Å². The third kappa shape index (κ3) is 7.46. The summed E-state index contributed by atoms with van der Waals surface area (Å²) in [6.45, 7) is 7.53. The molecule has 0 aliphatic rings. The van der Waals surface area contributed by atoms with Crippen LogP contribution in [-0.2, 0) is 4.74 Å². The molecule has 0 aromatic heterocycles. The molecule has 0 amide bonds. The van der Waals surface area contributed by atoms with Crippen LogP contribution in [0.15, 0.2) is 18.2 Å². The second-order valence-electron chi connectivity index (χ2n) is 5.66. The van der Waals surface area contributed by atoms with E-state index in [9.17, 15) is 9.50 Å². The molecule has 0 heterocycles. The van der Waals surface area contributed by atoms with Gasteiger partial charge in [0, 0.05) is 18.8 Å². The number of aliphatic hydroxyl groups is 1. The Kier molecular flexibility index (Phi) is 7.55. The second-order valence-corrected chi connectivity index (χ2v) is 5.66. The van der Waals surface area contributed by atoms with Crippen molar-refractivity contribution in [1.82, 2.24) is 0 Å². The Morgan fingerprint density at radius 3 is 2.70 bits per heavy atom. The molecule has 1 rings (SSSR count). The van der Waals surface area contributed by atoms with Gasteiger partial charge in [0.25, 0.3) is 0 Å². The van der Waals surface area contributed by atoms with Crippen LogP contribution in [0.3, 0.4) is 0 Å². The fraction of sp³-hybridized carbons (Fsp3) is 0.625. The summed E-state index contributed by atoms with van der Waals surface area (Å²) >= 11 is 0. The molecule has 0 aliphatic carbocycles. The summed E-state index contributed by atoms with van der Waals surface area (Å²) in [7, 11) is 0. The maximum absolute atomic E-state index is 13.2. The van der Waals surface area contributed by atoms with E-state index in [2.05, 4.69) is 19.2 Å². The fourth-order valence-electron chi connectivity index (χ4n) is 1.95. The first kappa shape index (κ1) is 16.9. The molecule has 114 valence electrons. The molecule has 1 unspecified atom stereocenters. The Balaban J connectivity index is 2.17. The lowest BCUT2D eigenvalue weighted by Crippen LogP contribution is -2.25. The topological polar surface area (TPSA) is 41.5 Å². The predicted octanol–water partition coefficient (Wildman–Crippen LogP) is 3.36. The first-order chi connectivity index (χ1) is 9.47. The van der Waals surface area contributed by atoms with Gasteiger partial charge >= 0.3 is 0 Å². The molecule has 4 heteroatoms. The van der Waals surface area contributed by atoms with Crippen LogP contribution in [0.4, 0.5) is 10.1 Å². The van der Waals surface area contributed by atoms with Crippen molar-refractivity contribution in [2.24, 2.45) is 5.92 Å². The quantitative estimate of drug-likeness (QED) is 0.683. The number of rotatable bonds is 9. The monoisotopic (exact) mass is 283 g/mol. The number of nitrogens with one attached hydrogen (secondary N) is 1. The molecule has 1 aromatic carbocycles. The van der Waals surface area contributed by atoms with Crippen LogP contribution in [0.25, 0.3) is 0 Å². The summed E-state index contributed by atoms with van der Waals surface area (Å²) in [6.07, 6.45) is 1.57. The van der Waals surface area contributed by atoms with Gasteiger partial charge < -0.3 is 15.2 Å². The lowest BCUT2D eigenvalue weighted by molar-refractivity contribution is 0.0409. The van der Waals surface area contributed by atoms with Crippen LogP contribution < -0.4 is 5.32 Å². The minimum atomic E-state index is -0.586. The number of anilines is 1. The van der Waals surface area contributed by atoms with Gasteiger partial charge in [-0.1, -0.05) is 13.8 Å². The van der Waals surface area contributed by atoms with E-state index in [-0.39, 0.29) is 5.82 Å². The number of aryl methyl sites for hydroxylation is 1. The van der Waals surface area contributed by atoms with Crippen LogP contribution in [0.2, 0.25) is 0 Å². The SMILES string of the molecule is Cc1cc(F)cc(NCC(O)COCCCC(C)C)c1. The van der Waals surface area contributed by atoms with E-state index in [1.807, 2.05) is 13.0 Å². The Labute approximate surface area is 121 Å².